The van der Waals surface area contributed by atoms with Gasteiger partial charge in [-0.15, -0.1) is 0 Å². The minimum atomic E-state index is -0.469. The van der Waals surface area contributed by atoms with Crippen molar-refractivity contribution in [1.29, 1.82) is 0 Å². The molecule has 0 fully saturated rings. The van der Waals surface area contributed by atoms with Crippen LogP contribution in [0.4, 0.5) is 0 Å². The van der Waals surface area contributed by atoms with Crippen molar-refractivity contribution in [2.24, 2.45) is 11.7 Å². The van der Waals surface area contributed by atoms with Crippen LogP contribution in [0.2, 0.25) is 0 Å². The Morgan fingerprint density at radius 1 is 0.971 bits per heavy atom. The predicted octanol–water partition coefficient (Wildman–Crippen LogP) is 2.04. The lowest BCUT2D eigenvalue weighted by Gasteiger charge is -2.17. The molecule has 2 atom stereocenters. The van der Waals surface area contributed by atoms with Crippen LogP contribution in [0.3, 0.4) is 0 Å². The van der Waals surface area contributed by atoms with Gasteiger partial charge in [0, 0.05) is 19.6 Å². The fourth-order valence-electron chi connectivity index (χ4n) is 2.97. The number of hydrogen-bond acceptors (Lipinski definition) is 7. The lowest BCUT2D eigenvalue weighted by molar-refractivity contribution is -0.126. The first-order chi connectivity index (χ1) is 16.9. The molecule has 2 aromatic rings. The number of rotatable bonds is 15. The number of nitrogens with one attached hydrogen (secondary N) is 2. The number of ether oxygens (including phenoxy) is 3. The number of benzene rings is 2. The van der Waals surface area contributed by atoms with Crippen LogP contribution in [0, 0.1) is 5.92 Å². The monoisotopic (exact) mass is 485 g/mol. The van der Waals surface area contributed by atoms with Gasteiger partial charge in [-0.2, -0.15) is 0 Å². The van der Waals surface area contributed by atoms with Crippen LogP contribution in [0.15, 0.2) is 54.6 Å². The van der Waals surface area contributed by atoms with E-state index in [1.807, 2.05) is 37.3 Å². The van der Waals surface area contributed by atoms with Crippen molar-refractivity contribution in [2.75, 3.05) is 32.8 Å². The van der Waals surface area contributed by atoms with E-state index in [4.69, 9.17) is 19.9 Å². The normalized spacial score (nSPS) is 12.3. The van der Waals surface area contributed by atoms with E-state index in [0.29, 0.717) is 44.0 Å². The van der Waals surface area contributed by atoms with Crippen LogP contribution in [-0.4, -0.2) is 56.7 Å². The number of amides is 2. The number of nitrogens with two attached hydrogens (primary N) is 1. The maximum Gasteiger partial charge on any atom is 0.338 e. The maximum absolute atomic E-state index is 12.3. The highest BCUT2D eigenvalue weighted by Crippen LogP contribution is 2.15. The van der Waals surface area contributed by atoms with Crippen molar-refractivity contribution in [3.05, 3.63) is 65.7 Å². The van der Waals surface area contributed by atoms with E-state index >= 15 is 0 Å². The molecule has 0 bridgehead atoms. The van der Waals surface area contributed by atoms with Gasteiger partial charge in [0.15, 0.2) is 6.61 Å². The average Bonchev–Trinajstić information content (AvgIpc) is 2.88. The molecule has 0 saturated carbocycles. The van der Waals surface area contributed by atoms with E-state index in [2.05, 4.69) is 10.6 Å². The second kappa shape index (κ2) is 15.5. The molecule has 0 aliphatic heterocycles. The first-order valence-corrected chi connectivity index (χ1v) is 11.7. The molecule has 0 saturated heterocycles. The molecule has 2 unspecified atom stereocenters. The standard InChI is InChI=1S/C26H35N3O6/c1-19(25(31)29-14-12-27)16-33-20(2)11-13-28-24(30)18-34-23-10-6-9-22(15-23)26(32)35-17-21-7-4-3-5-8-21/h3-10,15,19-20H,11-14,16-18,27H2,1-2H3,(H,28,30)(H,29,31). The molecule has 0 aliphatic rings. The molecule has 9 nitrogen and oxygen atoms in total. The average molecular weight is 486 g/mol. The Kier molecular flexibility index (Phi) is 12.3. The van der Waals surface area contributed by atoms with Crippen molar-refractivity contribution >= 4 is 17.8 Å². The van der Waals surface area contributed by atoms with Crippen LogP contribution in [0.25, 0.3) is 0 Å². The number of carbonyl (C=O) groups is 3. The summed E-state index contributed by atoms with van der Waals surface area (Å²) in [5.41, 5.74) is 6.61. The van der Waals surface area contributed by atoms with Crippen molar-refractivity contribution in [3.63, 3.8) is 0 Å². The molecule has 0 aromatic heterocycles. The van der Waals surface area contributed by atoms with Crippen LogP contribution in [-0.2, 0) is 25.7 Å². The molecule has 0 radical (unpaired) electrons. The topological polar surface area (TPSA) is 129 Å². The molecular weight excluding hydrogens is 450 g/mol. The maximum atomic E-state index is 12.3. The summed E-state index contributed by atoms with van der Waals surface area (Å²) in [4.78, 5) is 36.2. The van der Waals surface area contributed by atoms with Crippen molar-refractivity contribution in [3.8, 4) is 5.75 Å². The van der Waals surface area contributed by atoms with E-state index in [1.54, 1.807) is 31.2 Å². The lowest BCUT2D eigenvalue weighted by Crippen LogP contribution is -2.36. The van der Waals surface area contributed by atoms with Gasteiger partial charge < -0.3 is 30.6 Å². The fourth-order valence-corrected chi connectivity index (χ4v) is 2.97. The fraction of sp³-hybridized carbons (Fsp3) is 0.423. The Morgan fingerprint density at radius 3 is 2.49 bits per heavy atom. The van der Waals surface area contributed by atoms with Gasteiger partial charge in [0.25, 0.3) is 5.91 Å². The molecule has 2 amide bonds. The van der Waals surface area contributed by atoms with Gasteiger partial charge in [0.1, 0.15) is 12.4 Å². The van der Waals surface area contributed by atoms with E-state index in [9.17, 15) is 14.4 Å². The zero-order chi connectivity index (χ0) is 25.5. The zero-order valence-corrected chi connectivity index (χ0v) is 20.3. The van der Waals surface area contributed by atoms with E-state index in [-0.39, 0.29) is 37.0 Å². The third-order valence-corrected chi connectivity index (χ3v) is 5.05. The third kappa shape index (κ3) is 11.0. The van der Waals surface area contributed by atoms with Crippen LogP contribution >= 0.6 is 0 Å². The van der Waals surface area contributed by atoms with Gasteiger partial charge in [0.2, 0.25) is 5.91 Å². The highest BCUT2D eigenvalue weighted by Gasteiger charge is 2.14. The highest BCUT2D eigenvalue weighted by molar-refractivity contribution is 5.89. The zero-order valence-electron chi connectivity index (χ0n) is 20.3. The number of hydrogen-bond donors (Lipinski definition) is 3. The van der Waals surface area contributed by atoms with E-state index in [1.165, 1.54) is 0 Å². The molecule has 0 heterocycles. The summed E-state index contributed by atoms with van der Waals surface area (Å²) >= 11 is 0. The first-order valence-electron chi connectivity index (χ1n) is 11.7. The minimum Gasteiger partial charge on any atom is -0.484 e. The molecule has 0 spiro atoms. The number of esters is 1. The van der Waals surface area contributed by atoms with Gasteiger partial charge in [-0.05, 0) is 37.1 Å². The van der Waals surface area contributed by atoms with Crippen molar-refractivity contribution < 1.29 is 28.6 Å². The predicted molar refractivity (Wildman–Crippen MR) is 132 cm³/mol. The van der Waals surface area contributed by atoms with Crippen LogP contribution in [0.1, 0.15) is 36.2 Å². The molecule has 2 rings (SSSR count). The lowest BCUT2D eigenvalue weighted by atomic mass is 10.2. The second-order valence-electron chi connectivity index (χ2n) is 8.14. The van der Waals surface area contributed by atoms with Crippen LogP contribution in [0.5, 0.6) is 5.75 Å². The molecule has 35 heavy (non-hydrogen) atoms. The van der Waals surface area contributed by atoms with Crippen molar-refractivity contribution in [1.82, 2.24) is 10.6 Å². The van der Waals surface area contributed by atoms with E-state index < -0.39 is 5.97 Å². The Balaban J connectivity index is 1.65. The van der Waals surface area contributed by atoms with Crippen LogP contribution < -0.4 is 21.1 Å². The van der Waals surface area contributed by atoms with Gasteiger partial charge >= 0.3 is 5.97 Å². The molecule has 190 valence electrons. The van der Waals surface area contributed by atoms with Crippen molar-refractivity contribution in [2.45, 2.75) is 33.0 Å². The van der Waals surface area contributed by atoms with Gasteiger partial charge in [-0.3, -0.25) is 9.59 Å². The minimum absolute atomic E-state index is 0.0957. The summed E-state index contributed by atoms with van der Waals surface area (Å²) in [5.74, 6) is -0.736. The summed E-state index contributed by atoms with van der Waals surface area (Å²) in [6.45, 7) is 5.19. The first kappa shape index (κ1) is 27.8. The molecule has 0 aliphatic carbocycles. The Bertz CT molecular complexity index is 938. The Morgan fingerprint density at radius 2 is 1.74 bits per heavy atom. The molecule has 9 heteroatoms. The Labute approximate surface area is 206 Å². The molecule has 4 N–H and O–H groups in total. The largest absolute Gasteiger partial charge is 0.484 e. The van der Waals surface area contributed by atoms with E-state index in [0.717, 1.165) is 5.56 Å². The Hall–Kier alpha value is -3.43. The number of carbonyl (C=O) groups excluding carboxylic acids is 3. The smallest absolute Gasteiger partial charge is 0.338 e. The third-order valence-electron chi connectivity index (χ3n) is 5.05. The quantitative estimate of drug-likeness (QED) is 0.329. The summed E-state index contributed by atoms with van der Waals surface area (Å²) in [6.07, 6.45) is 0.463. The summed E-state index contributed by atoms with van der Waals surface area (Å²) in [7, 11) is 0. The molecule has 2 aromatic carbocycles. The summed E-state index contributed by atoms with van der Waals surface area (Å²) < 4.78 is 16.5. The van der Waals surface area contributed by atoms with Gasteiger partial charge in [-0.25, -0.2) is 4.79 Å². The summed E-state index contributed by atoms with van der Waals surface area (Å²) in [6, 6.07) is 15.9. The summed E-state index contributed by atoms with van der Waals surface area (Å²) in [5, 5.41) is 5.49. The highest BCUT2D eigenvalue weighted by atomic mass is 16.5. The molecular formula is C26H35N3O6. The SMILES string of the molecule is CC(CCNC(=O)COc1cccc(C(=O)OCc2ccccc2)c1)OCC(C)C(=O)NCCN. The second-order valence-corrected chi connectivity index (χ2v) is 8.14. The van der Waals surface area contributed by atoms with Gasteiger partial charge in [-0.1, -0.05) is 43.3 Å². The van der Waals surface area contributed by atoms with Gasteiger partial charge in [0.05, 0.1) is 24.2 Å².